The Balaban J connectivity index is 0.000000174. The van der Waals surface area contributed by atoms with Gasteiger partial charge >= 0.3 is 0 Å². The van der Waals surface area contributed by atoms with E-state index in [1.807, 2.05) is 30.3 Å². The number of aryl methyl sites for hydroxylation is 1. The number of nitrogens with one attached hydrogen (secondary N) is 1. The molecule has 2 heteroatoms. The van der Waals surface area contributed by atoms with E-state index in [1.165, 1.54) is 27.4 Å². The number of benzene rings is 3. The molecular weight excluding hydrogens is 290 g/mol. The van der Waals surface area contributed by atoms with Crippen molar-refractivity contribution < 1.29 is 0 Å². The summed E-state index contributed by atoms with van der Waals surface area (Å²) in [5.41, 5.74) is 3.92. The van der Waals surface area contributed by atoms with Crippen LogP contribution in [-0.4, -0.2) is 4.98 Å². The van der Waals surface area contributed by atoms with Crippen molar-refractivity contribution in [3.63, 3.8) is 0 Å². The van der Waals surface area contributed by atoms with Gasteiger partial charge in [0.05, 0.1) is 0 Å². The third kappa shape index (κ3) is 3.00. The molecule has 1 N–H and O–H groups in total. The molecule has 0 saturated heterocycles. The molecule has 4 aromatic rings. The Labute approximate surface area is 135 Å². The topological polar surface area (TPSA) is 15.8 Å². The number of aromatic amines is 1. The highest BCUT2D eigenvalue weighted by Gasteiger charge is 2.05. The minimum Gasteiger partial charge on any atom is -0.354 e. The maximum absolute atomic E-state index is 5.54. The molecule has 0 amide bonds. The van der Waals surface area contributed by atoms with Crippen LogP contribution in [0.15, 0.2) is 72.8 Å². The predicted molar refractivity (Wildman–Crippen MR) is 96.6 cm³/mol. The molecule has 0 bridgehead atoms. The number of hydrogen-bond donors (Lipinski definition) is 1. The van der Waals surface area contributed by atoms with Gasteiger partial charge < -0.3 is 4.98 Å². The Bertz CT molecular complexity index is 878. The van der Waals surface area contributed by atoms with E-state index >= 15 is 0 Å². The minimum absolute atomic E-state index is 0.794. The molecule has 0 aliphatic rings. The molecule has 0 spiro atoms. The number of halogens is 1. The zero-order valence-corrected chi connectivity index (χ0v) is 13.3. The van der Waals surface area contributed by atoms with Gasteiger partial charge in [0.25, 0.3) is 0 Å². The molecular formula is C20H18ClN. The van der Waals surface area contributed by atoms with E-state index in [4.69, 9.17) is 11.6 Å². The van der Waals surface area contributed by atoms with Crippen LogP contribution in [-0.2, 0) is 6.42 Å². The lowest BCUT2D eigenvalue weighted by Crippen LogP contribution is -1.80. The molecule has 1 heterocycles. The first-order valence-corrected chi connectivity index (χ1v) is 7.86. The number of fused-ring (bicyclic) bond motifs is 3. The van der Waals surface area contributed by atoms with E-state index in [2.05, 4.69) is 54.4 Å². The number of para-hydroxylation sites is 2. The normalized spacial score (nSPS) is 10.5. The van der Waals surface area contributed by atoms with Crippen LogP contribution in [0.25, 0.3) is 21.8 Å². The predicted octanol–water partition coefficient (Wildman–Crippen LogP) is 6.22. The van der Waals surface area contributed by atoms with Gasteiger partial charge in [0.15, 0.2) is 0 Å². The Kier molecular flexibility index (Phi) is 4.45. The van der Waals surface area contributed by atoms with Gasteiger partial charge in [0.2, 0.25) is 0 Å². The van der Waals surface area contributed by atoms with Crippen molar-refractivity contribution in [1.29, 1.82) is 0 Å². The highest BCUT2D eigenvalue weighted by molar-refractivity contribution is 6.30. The number of aromatic nitrogens is 1. The van der Waals surface area contributed by atoms with Crippen molar-refractivity contribution in [2.75, 3.05) is 0 Å². The molecule has 0 radical (unpaired) electrons. The second-order valence-corrected chi connectivity index (χ2v) is 5.60. The number of hydrogen-bond acceptors (Lipinski definition) is 0. The zero-order valence-electron chi connectivity index (χ0n) is 12.5. The van der Waals surface area contributed by atoms with Crippen LogP contribution < -0.4 is 0 Å². The lowest BCUT2D eigenvalue weighted by molar-refractivity contribution is 1.15. The van der Waals surface area contributed by atoms with Crippen LogP contribution in [0.4, 0.5) is 0 Å². The highest BCUT2D eigenvalue weighted by Crippen LogP contribution is 2.27. The molecule has 4 rings (SSSR count). The van der Waals surface area contributed by atoms with Crippen LogP contribution in [0, 0.1) is 0 Å². The van der Waals surface area contributed by atoms with E-state index in [1.54, 1.807) is 0 Å². The summed E-state index contributed by atoms with van der Waals surface area (Å²) in [6.45, 7) is 2.19. The van der Waals surface area contributed by atoms with E-state index in [-0.39, 0.29) is 0 Å². The zero-order chi connectivity index (χ0) is 15.4. The number of H-pyrrole nitrogens is 1. The Morgan fingerprint density at radius 1 is 0.773 bits per heavy atom. The van der Waals surface area contributed by atoms with Gasteiger partial charge in [-0.1, -0.05) is 73.1 Å². The van der Waals surface area contributed by atoms with Crippen molar-refractivity contribution in [3.05, 3.63) is 83.4 Å². The standard InChI is InChI=1S/C14H13N.C6H5Cl/c1-2-10-6-5-8-12-11-7-3-4-9-13(11)15-14(10)12;7-6-4-2-1-3-5-6/h3-9,15H,2H2,1H3;1-5H. The van der Waals surface area contributed by atoms with Gasteiger partial charge in [0, 0.05) is 26.8 Å². The lowest BCUT2D eigenvalue weighted by atomic mass is 10.1. The van der Waals surface area contributed by atoms with Gasteiger partial charge in [-0.05, 0) is 30.2 Å². The van der Waals surface area contributed by atoms with E-state index in [0.29, 0.717) is 0 Å². The first kappa shape index (κ1) is 14.7. The summed E-state index contributed by atoms with van der Waals surface area (Å²) in [5.74, 6) is 0. The van der Waals surface area contributed by atoms with Crippen LogP contribution in [0.5, 0.6) is 0 Å². The average Bonchev–Trinajstić information content (AvgIpc) is 2.95. The summed E-state index contributed by atoms with van der Waals surface area (Å²) in [6, 6.07) is 24.4. The van der Waals surface area contributed by atoms with Gasteiger partial charge in [-0.15, -0.1) is 0 Å². The number of rotatable bonds is 1. The summed E-state index contributed by atoms with van der Waals surface area (Å²) in [5, 5.41) is 3.45. The quantitative estimate of drug-likeness (QED) is 0.429. The Morgan fingerprint density at radius 3 is 2.14 bits per heavy atom. The average molecular weight is 308 g/mol. The van der Waals surface area contributed by atoms with Crippen molar-refractivity contribution in [2.24, 2.45) is 0 Å². The second kappa shape index (κ2) is 6.67. The molecule has 0 saturated carbocycles. The first-order valence-electron chi connectivity index (χ1n) is 7.48. The van der Waals surface area contributed by atoms with Crippen LogP contribution in [0.1, 0.15) is 12.5 Å². The Hall–Kier alpha value is -2.25. The summed E-state index contributed by atoms with van der Waals surface area (Å²) in [6.07, 6.45) is 1.07. The van der Waals surface area contributed by atoms with Crippen molar-refractivity contribution in [1.82, 2.24) is 4.98 Å². The SMILES string of the molecule is CCc1cccc2c1[nH]c1ccccc12.Clc1ccccc1. The molecule has 110 valence electrons. The van der Waals surface area contributed by atoms with Crippen molar-refractivity contribution in [2.45, 2.75) is 13.3 Å². The van der Waals surface area contributed by atoms with Gasteiger partial charge in [-0.2, -0.15) is 0 Å². The maximum atomic E-state index is 5.54. The van der Waals surface area contributed by atoms with Gasteiger partial charge in [-0.25, -0.2) is 0 Å². The third-order valence-corrected chi connectivity index (χ3v) is 3.99. The Morgan fingerprint density at radius 2 is 1.45 bits per heavy atom. The molecule has 1 nitrogen and oxygen atoms in total. The molecule has 0 aliphatic carbocycles. The first-order chi connectivity index (χ1) is 10.8. The monoisotopic (exact) mass is 307 g/mol. The van der Waals surface area contributed by atoms with E-state index < -0.39 is 0 Å². The molecule has 0 unspecified atom stereocenters. The fraction of sp³-hybridized carbons (Fsp3) is 0.100. The fourth-order valence-corrected chi connectivity index (χ4v) is 2.79. The highest BCUT2D eigenvalue weighted by atomic mass is 35.5. The molecule has 1 aromatic heterocycles. The van der Waals surface area contributed by atoms with Crippen LogP contribution >= 0.6 is 11.6 Å². The smallest absolute Gasteiger partial charge is 0.0497 e. The van der Waals surface area contributed by atoms with E-state index in [0.717, 1.165) is 11.4 Å². The molecule has 0 atom stereocenters. The third-order valence-electron chi connectivity index (χ3n) is 3.74. The van der Waals surface area contributed by atoms with Crippen LogP contribution in [0.3, 0.4) is 0 Å². The summed E-state index contributed by atoms with van der Waals surface area (Å²) in [4.78, 5) is 3.50. The summed E-state index contributed by atoms with van der Waals surface area (Å²) >= 11 is 5.54. The van der Waals surface area contributed by atoms with Gasteiger partial charge in [0.1, 0.15) is 0 Å². The van der Waals surface area contributed by atoms with Crippen molar-refractivity contribution >= 4 is 33.4 Å². The van der Waals surface area contributed by atoms with Crippen molar-refractivity contribution in [3.8, 4) is 0 Å². The van der Waals surface area contributed by atoms with Crippen LogP contribution in [0.2, 0.25) is 5.02 Å². The fourth-order valence-electron chi connectivity index (χ4n) is 2.64. The molecule has 22 heavy (non-hydrogen) atoms. The second-order valence-electron chi connectivity index (χ2n) is 5.16. The van der Waals surface area contributed by atoms with Gasteiger partial charge in [-0.3, -0.25) is 0 Å². The van der Waals surface area contributed by atoms with E-state index in [9.17, 15) is 0 Å². The molecule has 0 aliphatic heterocycles. The lowest BCUT2D eigenvalue weighted by Gasteiger charge is -1.97. The maximum Gasteiger partial charge on any atom is 0.0497 e. The molecule has 3 aromatic carbocycles. The largest absolute Gasteiger partial charge is 0.354 e. The molecule has 0 fully saturated rings. The summed E-state index contributed by atoms with van der Waals surface area (Å²) in [7, 11) is 0. The summed E-state index contributed by atoms with van der Waals surface area (Å²) < 4.78 is 0. The minimum atomic E-state index is 0.794.